The first kappa shape index (κ1) is 13.6. The minimum absolute atomic E-state index is 0.168. The number of carbonyl (C=O) groups is 2. The SMILES string of the molecule is CCOC(=O)CCN(C)C(=O)c1csc(C)n1. The van der Waals surface area contributed by atoms with Gasteiger partial charge in [-0.25, -0.2) is 4.98 Å². The molecule has 0 bridgehead atoms. The number of ether oxygens (including phenoxy) is 1. The summed E-state index contributed by atoms with van der Waals surface area (Å²) in [7, 11) is 1.65. The summed E-state index contributed by atoms with van der Waals surface area (Å²) in [5.41, 5.74) is 0.429. The largest absolute Gasteiger partial charge is 0.466 e. The molecule has 0 aliphatic heterocycles. The average Bonchev–Trinajstić information content (AvgIpc) is 2.72. The Morgan fingerprint density at radius 3 is 2.76 bits per heavy atom. The number of nitrogens with zero attached hydrogens (tertiary/aromatic N) is 2. The fourth-order valence-electron chi connectivity index (χ4n) is 1.25. The Kier molecular flexibility index (Phi) is 5.09. The van der Waals surface area contributed by atoms with Gasteiger partial charge in [0.1, 0.15) is 5.69 Å². The molecule has 1 heterocycles. The molecule has 0 saturated heterocycles. The van der Waals surface area contributed by atoms with Gasteiger partial charge in [0.25, 0.3) is 5.91 Å². The van der Waals surface area contributed by atoms with Gasteiger partial charge in [-0.3, -0.25) is 9.59 Å². The lowest BCUT2D eigenvalue weighted by Crippen LogP contribution is -2.29. The molecular weight excluding hydrogens is 240 g/mol. The van der Waals surface area contributed by atoms with Crippen molar-refractivity contribution in [3.63, 3.8) is 0 Å². The maximum absolute atomic E-state index is 11.8. The van der Waals surface area contributed by atoms with Crippen LogP contribution in [0.25, 0.3) is 0 Å². The van der Waals surface area contributed by atoms with E-state index in [1.165, 1.54) is 16.2 Å². The van der Waals surface area contributed by atoms with Crippen LogP contribution in [0.3, 0.4) is 0 Å². The molecule has 1 aromatic rings. The first-order chi connectivity index (χ1) is 8.04. The molecule has 6 heteroatoms. The molecule has 0 aliphatic rings. The van der Waals surface area contributed by atoms with Crippen molar-refractivity contribution in [1.82, 2.24) is 9.88 Å². The molecule has 0 spiro atoms. The van der Waals surface area contributed by atoms with Crippen molar-refractivity contribution in [2.45, 2.75) is 20.3 Å². The predicted molar refractivity (Wildman–Crippen MR) is 65.1 cm³/mol. The summed E-state index contributed by atoms with van der Waals surface area (Å²) in [4.78, 5) is 28.6. The van der Waals surface area contributed by atoms with Crippen molar-refractivity contribution in [2.24, 2.45) is 0 Å². The van der Waals surface area contributed by atoms with E-state index < -0.39 is 0 Å². The van der Waals surface area contributed by atoms with Crippen LogP contribution < -0.4 is 0 Å². The Morgan fingerprint density at radius 1 is 1.53 bits per heavy atom. The minimum Gasteiger partial charge on any atom is -0.466 e. The highest BCUT2D eigenvalue weighted by Crippen LogP contribution is 2.10. The first-order valence-electron chi connectivity index (χ1n) is 5.37. The standard InChI is InChI=1S/C11H16N2O3S/c1-4-16-10(14)5-6-13(3)11(15)9-7-17-8(2)12-9/h7H,4-6H2,1-3H3. The van der Waals surface area contributed by atoms with Gasteiger partial charge in [0.2, 0.25) is 0 Å². The molecular formula is C11H16N2O3S. The van der Waals surface area contributed by atoms with Gasteiger partial charge in [-0.15, -0.1) is 11.3 Å². The lowest BCUT2D eigenvalue weighted by atomic mass is 10.3. The van der Waals surface area contributed by atoms with Crippen molar-refractivity contribution >= 4 is 23.2 Å². The zero-order chi connectivity index (χ0) is 12.8. The number of hydrogen-bond donors (Lipinski definition) is 0. The van der Waals surface area contributed by atoms with Crippen molar-refractivity contribution in [3.05, 3.63) is 16.1 Å². The number of thiazole rings is 1. The highest BCUT2D eigenvalue weighted by molar-refractivity contribution is 7.09. The fourth-order valence-corrected chi connectivity index (χ4v) is 1.84. The topological polar surface area (TPSA) is 59.5 Å². The van der Waals surface area contributed by atoms with E-state index in [9.17, 15) is 9.59 Å². The Hall–Kier alpha value is -1.43. The Labute approximate surface area is 104 Å². The third-order valence-corrected chi connectivity index (χ3v) is 2.91. The van der Waals surface area contributed by atoms with Crippen LogP contribution in [0.4, 0.5) is 0 Å². The van der Waals surface area contributed by atoms with E-state index in [1.807, 2.05) is 6.92 Å². The van der Waals surface area contributed by atoms with E-state index >= 15 is 0 Å². The molecule has 0 aromatic carbocycles. The second-order valence-corrected chi connectivity index (χ2v) is 4.60. The van der Waals surface area contributed by atoms with Gasteiger partial charge >= 0.3 is 5.97 Å². The van der Waals surface area contributed by atoms with Crippen molar-refractivity contribution in [3.8, 4) is 0 Å². The molecule has 0 unspecified atom stereocenters. The van der Waals surface area contributed by atoms with E-state index in [4.69, 9.17) is 4.74 Å². The molecule has 0 radical (unpaired) electrons. The quantitative estimate of drug-likeness (QED) is 0.749. The monoisotopic (exact) mass is 256 g/mol. The molecule has 0 N–H and O–H groups in total. The van der Waals surface area contributed by atoms with Gasteiger partial charge in [-0.05, 0) is 13.8 Å². The van der Waals surface area contributed by atoms with Crippen LogP contribution in [-0.2, 0) is 9.53 Å². The van der Waals surface area contributed by atoms with Crippen LogP contribution >= 0.6 is 11.3 Å². The van der Waals surface area contributed by atoms with Gasteiger partial charge < -0.3 is 9.64 Å². The maximum Gasteiger partial charge on any atom is 0.307 e. The summed E-state index contributed by atoms with van der Waals surface area (Å²) < 4.78 is 4.79. The van der Waals surface area contributed by atoms with E-state index in [-0.39, 0.29) is 18.3 Å². The van der Waals surface area contributed by atoms with E-state index in [0.29, 0.717) is 18.8 Å². The normalized spacial score (nSPS) is 10.1. The van der Waals surface area contributed by atoms with Gasteiger partial charge in [-0.2, -0.15) is 0 Å². The lowest BCUT2D eigenvalue weighted by molar-refractivity contribution is -0.143. The lowest BCUT2D eigenvalue weighted by Gasteiger charge is -2.14. The molecule has 1 aromatic heterocycles. The van der Waals surface area contributed by atoms with Crippen LogP contribution in [0, 0.1) is 6.92 Å². The molecule has 0 aliphatic carbocycles. The number of aryl methyl sites for hydroxylation is 1. The number of esters is 1. The molecule has 0 fully saturated rings. The number of aromatic nitrogens is 1. The van der Waals surface area contributed by atoms with Gasteiger partial charge in [0.15, 0.2) is 0 Å². The number of amides is 1. The molecule has 1 amide bonds. The van der Waals surface area contributed by atoms with Crippen molar-refractivity contribution in [2.75, 3.05) is 20.2 Å². The van der Waals surface area contributed by atoms with Crippen molar-refractivity contribution in [1.29, 1.82) is 0 Å². The summed E-state index contributed by atoms with van der Waals surface area (Å²) in [6.45, 7) is 4.31. The van der Waals surface area contributed by atoms with Gasteiger partial charge in [0, 0.05) is 19.0 Å². The molecule has 0 atom stereocenters. The molecule has 1 rings (SSSR count). The molecule has 0 saturated carbocycles. The Morgan fingerprint density at radius 2 is 2.24 bits per heavy atom. The summed E-state index contributed by atoms with van der Waals surface area (Å²) in [6, 6.07) is 0. The highest BCUT2D eigenvalue weighted by Gasteiger charge is 2.15. The molecule has 5 nitrogen and oxygen atoms in total. The van der Waals surface area contributed by atoms with Gasteiger partial charge in [0.05, 0.1) is 18.0 Å². The fraction of sp³-hybridized carbons (Fsp3) is 0.545. The third-order valence-electron chi connectivity index (χ3n) is 2.14. The van der Waals surface area contributed by atoms with Gasteiger partial charge in [-0.1, -0.05) is 0 Å². The van der Waals surface area contributed by atoms with Crippen LogP contribution in [-0.4, -0.2) is 42.0 Å². The first-order valence-corrected chi connectivity index (χ1v) is 6.25. The zero-order valence-corrected chi connectivity index (χ0v) is 11.0. The van der Waals surface area contributed by atoms with E-state index in [1.54, 1.807) is 19.4 Å². The predicted octanol–water partition coefficient (Wildman–Crippen LogP) is 1.48. The third kappa shape index (κ3) is 4.14. The average molecular weight is 256 g/mol. The summed E-state index contributed by atoms with van der Waals surface area (Å²) in [5, 5.41) is 2.57. The van der Waals surface area contributed by atoms with E-state index in [2.05, 4.69) is 4.98 Å². The summed E-state index contributed by atoms with van der Waals surface area (Å²) >= 11 is 1.43. The Bertz CT molecular complexity index is 403. The summed E-state index contributed by atoms with van der Waals surface area (Å²) in [5.74, 6) is -0.458. The highest BCUT2D eigenvalue weighted by atomic mass is 32.1. The van der Waals surface area contributed by atoms with Crippen LogP contribution in [0.15, 0.2) is 5.38 Å². The molecule has 17 heavy (non-hydrogen) atoms. The minimum atomic E-state index is -0.290. The second-order valence-electron chi connectivity index (χ2n) is 3.53. The molecule has 94 valence electrons. The summed E-state index contributed by atoms with van der Waals surface area (Å²) in [6.07, 6.45) is 0.208. The number of rotatable bonds is 5. The van der Waals surface area contributed by atoms with Crippen LogP contribution in [0.1, 0.15) is 28.8 Å². The number of carbonyl (C=O) groups excluding carboxylic acids is 2. The second kappa shape index (κ2) is 6.34. The smallest absolute Gasteiger partial charge is 0.307 e. The Balaban J connectivity index is 2.45. The van der Waals surface area contributed by atoms with Crippen LogP contribution in [0.5, 0.6) is 0 Å². The number of hydrogen-bond acceptors (Lipinski definition) is 5. The zero-order valence-electron chi connectivity index (χ0n) is 10.2. The van der Waals surface area contributed by atoms with Crippen molar-refractivity contribution < 1.29 is 14.3 Å². The van der Waals surface area contributed by atoms with Crippen LogP contribution in [0.2, 0.25) is 0 Å². The maximum atomic E-state index is 11.8. The van der Waals surface area contributed by atoms with E-state index in [0.717, 1.165) is 5.01 Å².